The van der Waals surface area contributed by atoms with Crippen LogP contribution in [0.3, 0.4) is 0 Å². The molecule has 2 rings (SSSR count). The van der Waals surface area contributed by atoms with Gasteiger partial charge in [-0.05, 0) is 48.7 Å². The lowest BCUT2D eigenvalue weighted by molar-refractivity contribution is -0.119. The average Bonchev–Trinajstić information content (AvgIpc) is 2.65. The number of carbonyl (C=O) groups excluding carboxylic acids is 2. The van der Waals surface area contributed by atoms with Gasteiger partial charge in [0.25, 0.3) is 0 Å². The second-order valence-corrected chi connectivity index (χ2v) is 6.90. The van der Waals surface area contributed by atoms with Gasteiger partial charge in [0.15, 0.2) is 0 Å². The molecule has 0 radical (unpaired) electrons. The van der Waals surface area contributed by atoms with Crippen LogP contribution in [0.1, 0.15) is 37.8 Å². The molecule has 6 heteroatoms. The van der Waals surface area contributed by atoms with Gasteiger partial charge in [-0.1, -0.05) is 49.2 Å². The summed E-state index contributed by atoms with van der Waals surface area (Å²) in [5.74, 6) is 0.160. The zero-order valence-corrected chi connectivity index (χ0v) is 16.5. The summed E-state index contributed by atoms with van der Waals surface area (Å²) in [6, 6.07) is 14.5. The van der Waals surface area contributed by atoms with Crippen LogP contribution in [0.4, 0.5) is 10.5 Å². The Balaban J connectivity index is 1.79. The van der Waals surface area contributed by atoms with Crippen molar-refractivity contribution in [2.45, 2.75) is 45.8 Å². The lowest BCUT2D eigenvalue weighted by Crippen LogP contribution is -2.34. The lowest BCUT2D eigenvalue weighted by Gasteiger charge is -2.15. The molecule has 0 spiro atoms. The van der Waals surface area contributed by atoms with E-state index in [0.717, 1.165) is 24.0 Å². The van der Waals surface area contributed by atoms with E-state index in [1.54, 1.807) is 19.1 Å². The Kier molecular flexibility index (Phi) is 8.30. The van der Waals surface area contributed by atoms with Crippen LogP contribution in [-0.2, 0) is 17.9 Å². The molecule has 2 aromatic carbocycles. The van der Waals surface area contributed by atoms with Gasteiger partial charge in [0.05, 0.1) is 6.04 Å². The molecule has 1 atom stereocenters. The molecule has 0 aliphatic rings. The summed E-state index contributed by atoms with van der Waals surface area (Å²) in [7, 11) is 0. The summed E-state index contributed by atoms with van der Waals surface area (Å²) in [6.07, 6.45) is 1.80. The van der Waals surface area contributed by atoms with Crippen LogP contribution in [-0.4, -0.2) is 17.9 Å². The summed E-state index contributed by atoms with van der Waals surface area (Å²) in [4.78, 5) is 23.6. The molecular formula is C21H26ClN3O2. The van der Waals surface area contributed by atoms with Gasteiger partial charge in [0.2, 0.25) is 0 Å². The number of nitrogens with one attached hydrogen (secondary N) is 3. The van der Waals surface area contributed by atoms with Crippen LogP contribution >= 0.6 is 11.6 Å². The molecule has 0 heterocycles. The second-order valence-electron chi connectivity index (χ2n) is 6.46. The van der Waals surface area contributed by atoms with Crippen LogP contribution in [0.2, 0.25) is 5.02 Å². The Hall–Kier alpha value is -2.37. The first-order valence-corrected chi connectivity index (χ1v) is 9.47. The van der Waals surface area contributed by atoms with Gasteiger partial charge >= 0.3 is 6.03 Å². The minimum absolute atomic E-state index is 0.105. The maximum Gasteiger partial charge on any atom is 0.319 e. The topological polar surface area (TPSA) is 70.2 Å². The molecule has 0 aliphatic heterocycles. The Morgan fingerprint density at radius 3 is 2.15 bits per heavy atom. The number of halogens is 1. The standard InChI is InChI=1S/C21H26ClN3O2/c1-3-4-20(15(2)26)23-13-17-7-11-19(12-8-17)25-21(27)24-14-16-5-9-18(22)10-6-16/h5-12,20,23H,3-4,13-14H2,1-2H3,(H2,24,25,27). The Morgan fingerprint density at radius 2 is 1.56 bits per heavy atom. The molecule has 144 valence electrons. The highest BCUT2D eigenvalue weighted by Gasteiger charge is 2.11. The molecule has 0 aromatic heterocycles. The maximum absolute atomic E-state index is 12.0. The molecule has 27 heavy (non-hydrogen) atoms. The first kappa shape index (κ1) is 20.9. The molecule has 0 fully saturated rings. The largest absolute Gasteiger partial charge is 0.334 e. The number of anilines is 1. The van der Waals surface area contributed by atoms with Crippen molar-refractivity contribution in [2.24, 2.45) is 0 Å². The van der Waals surface area contributed by atoms with E-state index >= 15 is 0 Å². The summed E-state index contributed by atoms with van der Waals surface area (Å²) >= 11 is 5.84. The van der Waals surface area contributed by atoms with Gasteiger partial charge < -0.3 is 16.0 Å². The van der Waals surface area contributed by atoms with Crippen molar-refractivity contribution >= 4 is 29.1 Å². The second kappa shape index (κ2) is 10.7. The van der Waals surface area contributed by atoms with Crippen LogP contribution in [0.15, 0.2) is 48.5 Å². The molecule has 2 aromatic rings. The van der Waals surface area contributed by atoms with E-state index in [1.165, 1.54) is 0 Å². The molecular weight excluding hydrogens is 362 g/mol. The monoisotopic (exact) mass is 387 g/mol. The highest BCUT2D eigenvalue weighted by molar-refractivity contribution is 6.30. The highest BCUT2D eigenvalue weighted by Crippen LogP contribution is 2.11. The first-order valence-electron chi connectivity index (χ1n) is 9.10. The van der Waals surface area contributed by atoms with Crippen molar-refractivity contribution in [1.29, 1.82) is 0 Å². The number of hydrogen-bond acceptors (Lipinski definition) is 3. The van der Waals surface area contributed by atoms with Gasteiger partial charge in [0.1, 0.15) is 5.78 Å². The third kappa shape index (κ3) is 7.41. The molecule has 0 saturated carbocycles. The fourth-order valence-corrected chi connectivity index (χ4v) is 2.77. The average molecular weight is 388 g/mol. The minimum atomic E-state index is -0.268. The van der Waals surface area contributed by atoms with Gasteiger partial charge in [0, 0.05) is 23.8 Å². The molecule has 0 aliphatic carbocycles. The predicted molar refractivity (Wildman–Crippen MR) is 110 cm³/mol. The number of Topliss-reactive ketones (excluding diaryl/α,β-unsaturated/α-hetero) is 1. The number of amides is 2. The molecule has 3 N–H and O–H groups in total. The summed E-state index contributed by atoms with van der Waals surface area (Å²) in [5, 5.41) is 9.56. The van der Waals surface area contributed by atoms with Crippen LogP contribution in [0, 0.1) is 0 Å². The maximum atomic E-state index is 12.0. The van der Waals surface area contributed by atoms with E-state index in [-0.39, 0.29) is 17.9 Å². The third-order valence-electron chi connectivity index (χ3n) is 4.20. The number of ketones is 1. The van der Waals surface area contributed by atoms with Crippen molar-refractivity contribution < 1.29 is 9.59 Å². The lowest BCUT2D eigenvalue weighted by atomic mass is 10.1. The van der Waals surface area contributed by atoms with Crippen molar-refractivity contribution in [1.82, 2.24) is 10.6 Å². The van der Waals surface area contributed by atoms with Crippen molar-refractivity contribution in [2.75, 3.05) is 5.32 Å². The van der Waals surface area contributed by atoms with Crippen molar-refractivity contribution in [3.05, 3.63) is 64.7 Å². The van der Waals surface area contributed by atoms with E-state index in [1.807, 2.05) is 36.4 Å². The fourth-order valence-electron chi connectivity index (χ4n) is 2.64. The number of benzene rings is 2. The van der Waals surface area contributed by atoms with Crippen LogP contribution < -0.4 is 16.0 Å². The van der Waals surface area contributed by atoms with E-state index in [0.29, 0.717) is 23.8 Å². The fraction of sp³-hybridized carbons (Fsp3) is 0.333. The number of rotatable bonds is 9. The van der Waals surface area contributed by atoms with E-state index < -0.39 is 0 Å². The number of urea groups is 1. The predicted octanol–water partition coefficient (Wildman–Crippen LogP) is 4.51. The Labute approximate surface area is 165 Å². The molecule has 0 saturated heterocycles. The zero-order chi connectivity index (χ0) is 19.6. The van der Waals surface area contributed by atoms with Crippen LogP contribution in [0.5, 0.6) is 0 Å². The number of carbonyl (C=O) groups is 2. The summed E-state index contributed by atoms with van der Waals surface area (Å²) < 4.78 is 0. The first-order chi connectivity index (χ1) is 13.0. The third-order valence-corrected chi connectivity index (χ3v) is 4.45. The Bertz CT molecular complexity index is 745. The molecule has 5 nitrogen and oxygen atoms in total. The van der Waals surface area contributed by atoms with Gasteiger partial charge in [-0.15, -0.1) is 0 Å². The van der Waals surface area contributed by atoms with Gasteiger partial charge in [-0.2, -0.15) is 0 Å². The van der Waals surface area contributed by atoms with E-state index in [4.69, 9.17) is 11.6 Å². The summed E-state index contributed by atoms with van der Waals surface area (Å²) in [6.45, 7) is 4.72. The highest BCUT2D eigenvalue weighted by atomic mass is 35.5. The molecule has 2 amide bonds. The minimum Gasteiger partial charge on any atom is -0.334 e. The Morgan fingerprint density at radius 1 is 0.963 bits per heavy atom. The zero-order valence-electron chi connectivity index (χ0n) is 15.7. The smallest absolute Gasteiger partial charge is 0.319 e. The quantitative estimate of drug-likeness (QED) is 0.592. The summed E-state index contributed by atoms with van der Waals surface area (Å²) in [5.41, 5.74) is 2.75. The van der Waals surface area contributed by atoms with Crippen molar-refractivity contribution in [3.8, 4) is 0 Å². The van der Waals surface area contributed by atoms with E-state index in [9.17, 15) is 9.59 Å². The van der Waals surface area contributed by atoms with Crippen molar-refractivity contribution in [3.63, 3.8) is 0 Å². The van der Waals surface area contributed by atoms with Crippen LogP contribution in [0.25, 0.3) is 0 Å². The normalized spacial score (nSPS) is 11.7. The number of hydrogen-bond donors (Lipinski definition) is 3. The SMILES string of the molecule is CCCC(NCc1ccc(NC(=O)NCc2ccc(Cl)cc2)cc1)C(C)=O. The molecule has 1 unspecified atom stereocenters. The van der Waals surface area contributed by atoms with Gasteiger partial charge in [-0.3, -0.25) is 4.79 Å². The molecule has 0 bridgehead atoms. The van der Waals surface area contributed by atoms with Gasteiger partial charge in [-0.25, -0.2) is 4.79 Å². The van der Waals surface area contributed by atoms with E-state index in [2.05, 4.69) is 22.9 Å².